The molecule has 0 radical (unpaired) electrons. The van der Waals surface area contributed by atoms with Crippen molar-refractivity contribution in [2.24, 2.45) is 0 Å². The van der Waals surface area contributed by atoms with Gasteiger partial charge in [0.05, 0.1) is 5.39 Å². The second-order valence-corrected chi connectivity index (χ2v) is 3.52. The van der Waals surface area contributed by atoms with Crippen molar-refractivity contribution in [2.45, 2.75) is 0 Å². The van der Waals surface area contributed by atoms with Crippen molar-refractivity contribution in [3.63, 3.8) is 0 Å². The number of pyridine rings is 1. The maximum Gasteiger partial charge on any atom is 0.185 e. The number of rotatable bonds is 0. The maximum atomic E-state index is 13.2. The first-order chi connectivity index (χ1) is 6.61. The van der Waals surface area contributed by atoms with Gasteiger partial charge in [0, 0.05) is 16.7 Å². The number of nitrogens with zero attached hydrogens (tertiary/aromatic N) is 1. The van der Waals surface area contributed by atoms with Crippen LogP contribution in [-0.2, 0) is 0 Å². The van der Waals surface area contributed by atoms with Gasteiger partial charge >= 0.3 is 0 Å². The van der Waals surface area contributed by atoms with E-state index in [1.54, 1.807) is 0 Å². The Morgan fingerprint density at radius 2 is 1.86 bits per heavy atom. The van der Waals surface area contributed by atoms with E-state index in [2.05, 4.69) is 20.9 Å². The van der Waals surface area contributed by atoms with Crippen molar-refractivity contribution < 1.29 is 13.2 Å². The van der Waals surface area contributed by atoms with Crippen LogP contribution in [0.25, 0.3) is 10.9 Å². The Morgan fingerprint density at radius 1 is 1.14 bits per heavy atom. The van der Waals surface area contributed by atoms with Crippen LogP contribution < -0.4 is 0 Å². The lowest BCUT2D eigenvalue weighted by atomic mass is 10.2. The first-order valence-electron chi connectivity index (χ1n) is 3.69. The van der Waals surface area contributed by atoms with Crippen LogP contribution in [0.4, 0.5) is 13.2 Å². The highest BCUT2D eigenvalue weighted by Gasteiger charge is 2.14. The SMILES string of the molecule is Fc1cc(F)c2c(Br)ccnc2c1F. The minimum absolute atomic E-state index is 0.0496. The molecule has 1 heterocycles. The average Bonchev–Trinajstić information content (AvgIpc) is 2.14. The molecule has 2 aromatic rings. The van der Waals surface area contributed by atoms with Crippen molar-refractivity contribution in [1.29, 1.82) is 0 Å². The number of fused-ring (bicyclic) bond motifs is 1. The van der Waals surface area contributed by atoms with E-state index in [9.17, 15) is 13.2 Å². The largest absolute Gasteiger partial charge is 0.253 e. The molecule has 0 aliphatic heterocycles. The van der Waals surface area contributed by atoms with E-state index in [1.165, 1.54) is 12.3 Å². The molecule has 0 N–H and O–H groups in total. The molecule has 5 heteroatoms. The van der Waals surface area contributed by atoms with E-state index in [4.69, 9.17) is 0 Å². The molecule has 1 nitrogen and oxygen atoms in total. The summed E-state index contributed by atoms with van der Waals surface area (Å²) < 4.78 is 39.5. The van der Waals surface area contributed by atoms with Gasteiger partial charge in [-0.15, -0.1) is 0 Å². The quantitative estimate of drug-likeness (QED) is 0.663. The number of hydrogen-bond donors (Lipinski definition) is 0. The third-order valence-corrected chi connectivity index (χ3v) is 2.47. The highest BCUT2D eigenvalue weighted by atomic mass is 79.9. The van der Waals surface area contributed by atoms with Crippen molar-refractivity contribution >= 4 is 26.8 Å². The summed E-state index contributed by atoms with van der Waals surface area (Å²) in [4.78, 5) is 3.58. The fraction of sp³-hybridized carbons (Fsp3) is 0. The van der Waals surface area contributed by atoms with Crippen LogP contribution in [0.1, 0.15) is 0 Å². The molecule has 0 bridgehead atoms. The predicted molar refractivity (Wildman–Crippen MR) is 49.3 cm³/mol. The third kappa shape index (κ3) is 1.28. The normalized spacial score (nSPS) is 10.9. The third-order valence-electron chi connectivity index (χ3n) is 1.81. The number of aromatic nitrogens is 1. The second kappa shape index (κ2) is 3.24. The number of halogens is 4. The lowest BCUT2D eigenvalue weighted by Crippen LogP contribution is -1.93. The Balaban J connectivity index is 3.02. The van der Waals surface area contributed by atoms with Crippen LogP contribution in [0.15, 0.2) is 22.8 Å². The molecule has 72 valence electrons. The lowest BCUT2D eigenvalue weighted by molar-refractivity contribution is 0.504. The van der Waals surface area contributed by atoms with Crippen molar-refractivity contribution in [1.82, 2.24) is 4.98 Å². The van der Waals surface area contributed by atoms with E-state index in [1.807, 2.05) is 0 Å². The molecule has 0 spiro atoms. The zero-order chi connectivity index (χ0) is 10.3. The zero-order valence-corrected chi connectivity index (χ0v) is 8.28. The van der Waals surface area contributed by atoms with Gasteiger partial charge in [0.15, 0.2) is 11.6 Å². The van der Waals surface area contributed by atoms with E-state index in [0.29, 0.717) is 10.5 Å². The van der Waals surface area contributed by atoms with E-state index in [-0.39, 0.29) is 10.9 Å². The Bertz CT molecular complexity index is 513. The van der Waals surface area contributed by atoms with Gasteiger partial charge in [0.25, 0.3) is 0 Å². The summed E-state index contributed by atoms with van der Waals surface area (Å²) in [7, 11) is 0. The highest BCUT2D eigenvalue weighted by Crippen LogP contribution is 2.27. The maximum absolute atomic E-state index is 13.2. The monoisotopic (exact) mass is 261 g/mol. The molecular formula is C9H3BrF3N. The molecule has 0 saturated heterocycles. The zero-order valence-electron chi connectivity index (χ0n) is 6.69. The molecule has 14 heavy (non-hydrogen) atoms. The number of benzene rings is 1. The highest BCUT2D eigenvalue weighted by molar-refractivity contribution is 9.10. The summed E-state index contributed by atoms with van der Waals surface area (Å²) in [5.74, 6) is -3.21. The summed E-state index contributed by atoms with van der Waals surface area (Å²) >= 11 is 3.04. The van der Waals surface area contributed by atoms with Gasteiger partial charge in [-0.2, -0.15) is 0 Å². The second-order valence-electron chi connectivity index (χ2n) is 2.67. The fourth-order valence-electron chi connectivity index (χ4n) is 1.19. The summed E-state index contributed by atoms with van der Waals surface area (Å²) in [5.41, 5.74) is -0.308. The van der Waals surface area contributed by atoms with E-state index in [0.717, 1.165) is 0 Å². The van der Waals surface area contributed by atoms with Gasteiger partial charge in [-0.3, -0.25) is 4.98 Å². The summed E-state index contributed by atoms with van der Waals surface area (Å²) in [6.07, 6.45) is 1.27. The molecule has 0 unspecified atom stereocenters. The van der Waals surface area contributed by atoms with Crippen LogP contribution in [-0.4, -0.2) is 4.98 Å². The molecule has 2 rings (SSSR count). The smallest absolute Gasteiger partial charge is 0.185 e. The first-order valence-corrected chi connectivity index (χ1v) is 4.48. The molecule has 0 aliphatic rings. The van der Waals surface area contributed by atoms with Gasteiger partial charge in [-0.05, 0) is 22.0 Å². The molecule has 0 aliphatic carbocycles. The minimum Gasteiger partial charge on any atom is -0.253 e. The molecule has 0 saturated carbocycles. The molecule has 1 aromatic heterocycles. The minimum atomic E-state index is -1.24. The standard InChI is InChI=1S/C9H3BrF3N/c10-4-1-2-14-9-7(4)5(11)3-6(12)8(9)13/h1-3H. The molecule has 0 amide bonds. The Labute approximate surface area is 85.7 Å². The molecule has 1 aromatic carbocycles. The van der Waals surface area contributed by atoms with Crippen molar-refractivity contribution in [2.75, 3.05) is 0 Å². The topological polar surface area (TPSA) is 12.9 Å². The van der Waals surface area contributed by atoms with Crippen LogP contribution in [0, 0.1) is 17.5 Å². The van der Waals surface area contributed by atoms with Crippen molar-refractivity contribution in [3.05, 3.63) is 40.3 Å². The van der Waals surface area contributed by atoms with Gasteiger partial charge in [0.1, 0.15) is 11.3 Å². The molecule has 0 fully saturated rings. The van der Waals surface area contributed by atoms with Crippen LogP contribution >= 0.6 is 15.9 Å². The Morgan fingerprint density at radius 3 is 2.57 bits per heavy atom. The van der Waals surface area contributed by atoms with Crippen molar-refractivity contribution in [3.8, 4) is 0 Å². The van der Waals surface area contributed by atoms with Gasteiger partial charge < -0.3 is 0 Å². The average molecular weight is 262 g/mol. The lowest BCUT2D eigenvalue weighted by Gasteiger charge is -2.02. The molecular weight excluding hydrogens is 259 g/mol. The van der Waals surface area contributed by atoms with E-state index >= 15 is 0 Å². The Kier molecular flexibility index (Phi) is 2.19. The van der Waals surface area contributed by atoms with Crippen LogP contribution in [0.2, 0.25) is 0 Å². The van der Waals surface area contributed by atoms with Gasteiger partial charge in [-0.25, -0.2) is 13.2 Å². The van der Waals surface area contributed by atoms with Gasteiger partial charge in [0.2, 0.25) is 0 Å². The summed E-state index contributed by atoms with van der Waals surface area (Å²) in [5, 5.41) is -0.0496. The summed E-state index contributed by atoms with van der Waals surface area (Å²) in [6.45, 7) is 0. The fourth-order valence-corrected chi connectivity index (χ4v) is 1.69. The predicted octanol–water partition coefficient (Wildman–Crippen LogP) is 3.41. The van der Waals surface area contributed by atoms with Gasteiger partial charge in [-0.1, -0.05) is 0 Å². The Hall–Kier alpha value is -1.10. The van der Waals surface area contributed by atoms with Crippen LogP contribution in [0.3, 0.4) is 0 Å². The summed E-state index contributed by atoms with van der Waals surface area (Å²) in [6, 6.07) is 1.97. The van der Waals surface area contributed by atoms with E-state index < -0.39 is 17.5 Å². The van der Waals surface area contributed by atoms with Crippen LogP contribution in [0.5, 0.6) is 0 Å². The first kappa shape index (κ1) is 9.45. The number of hydrogen-bond acceptors (Lipinski definition) is 1. The molecule has 0 atom stereocenters.